The van der Waals surface area contributed by atoms with Gasteiger partial charge in [0.25, 0.3) is 0 Å². The monoisotopic (exact) mass is 236 g/mol. The predicted molar refractivity (Wildman–Crippen MR) is 65.9 cm³/mol. The Hall–Kier alpha value is -1.13. The fourth-order valence-corrected chi connectivity index (χ4v) is 2.34. The molecule has 1 unspecified atom stereocenters. The minimum absolute atomic E-state index is 0.294. The highest BCUT2D eigenvalue weighted by Crippen LogP contribution is 2.18. The van der Waals surface area contributed by atoms with Gasteiger partial charge in [-0.25, -0.2) is 0 Å². The molecule has 1 N–H and O–H groups in total. The standard InChI is InChI=1S/C13H20N2O2/c1-17-13-4-5-14-12(7-13)9-15-6-2-3-11(8-15)10-16/h4-5,7,11,16H,2-3,6,8-10H2,1H3. The van der Waals surface area contributed by atoms with Gasteiger partial charge in [0.1, 0.15) is 5.75 Å². The van der Waals surface area contributed by atoms with Crippen molar-refractivity contribution >= 4 is 0 Å². The van der Waals surface area contributed by atoms with E-state index in [-0.39, 0.29) is 0 Å². The number of likely N-dealkylation sites (tertiary alicyclic amines) is 1. The van der Waals surface area contributed by atoms with Crippen LogP contribution in [-0.2, 0) is 6.54 Å². The Morgan fingerprint density at radius 3 is 3.24 bits per heavy atom. The molecular formula is C13H20N2O2. The van der Waals surface area contributed by atoms with Crippen LogP contribution in [0.3, 0.4) is 0 Å². The van der Waals surface area contributed by atoms with Crippen LogP contribution in [0.5, 0.6) is 5.75 Å². The Kier molecular flexibility index (Phi) is 4.34. The topological polar surface area (TPSA) is 45.6 Å². The Morgan fingerprint density at radius 2 is 2.47 bits per heavy atom. The normalized spacial score (nSPS) is 21.4. The fraction of sp³-hybridized carbons (Fsp3) is 0.615. The van der Waals surface area contributed by atoms with Crippen molar-refractivity contribution in [3.63, 3.8) is 0 Å². The molecule has 0 aromatic carbocycles. The maximum Gasteiger partial charge on any atom is 0.122 e. The minimum Gasteiger partial charge on any atom is -0.497 e. The lowest BCUT2D eigenvalue weighted by molar-refractivity contribution is 0.115. The first-order valence-electron chi connectivity index (χ1n) is 6.14. The summed E-state index contributed by atoms with van der Waals surface area (Å²) in [6, 6.07) is 3.83. The lowest BCUT2D eigenvalue weighted by Crippen LogP contribution is -2.36. The van der Waals surface area contributed by atoms with Gasteiger partial charge in [-0.3, -0.25) is 9.88 Å². The maximum absolute atomic E-state index is 9.19. The quantitative estimate of drug-likeness (QED) is 0.855. The number of pyridine rings is 1. The van der Waals surface area contributed by atoms with Crippen LogP contribution in [0.4, 0.5) is 0 Å². The van der Waals surface area contributed by atoms with Crippen molar-refractivity contribution in [2.75, 3.05) is 26.8 Å². The number of hydrogen-bond acceptors (Lipinski definition) is 4. The molecule has 0 spiro atoms. The van der Waals surface area contributed by atoms with Crippen molar-refractivity contribution in [3.8, 4) is 5.75 Å². The molecule has 0 radical (unpaired) electrons. The average molecular weight is 236 g/mol. The van der Waals surface area contributed by atoms with E-state index in [0.717, 1.165) is 43.9 Å². The maximum atomic E-state index is 9.19. The first-order valence-corrected chi connectivity index (χ1v) is 6.14. The number of aliphatic hydroxyl groups is 1. The molecule has 1 aromatic heterocycles. The Labute approximate surface area is 102 Å². The largest absolute Gasteiger partial charge is 0.497 e. The van der Waals surface area contributed by atoms with Gasteiger partial charge in [-0.15, -0.1) is 0 Å². The van der Waals surface area contributed by atoms with E-state index in [4.69, 9.17) is 4.74 Å². The van der Waals surface area contributed by atoms with E-state index in [1.807, 2.05) is 12.1 Å². The molecule has 17 heavy (non-hydrogen) atoms. The van der Waals surface area contributed by atoms with E-state index in [2.05, 4.69) is 9.88 Å². The lowest BCUT2D eigenvalue weighted by Gasteiger charge is -2.31. The summed E-state index contributed by atoms with van der Waals surface area (Å²) in [4.78, 5) is 6.70. The van der Waals surface area contributed by atoms with Gasteiger partial charge in [-0.1, -0.05) is 0 Å². The zero-order chi connectivity index (χ0) is 12.1. The van der Waals surface area contributed by atoms with E-state index >= 15 is 0 Å². The number of nitrogens with zero attached hydrogens (tertiary/aromatic N) is 2. The van der Waals surface area contributed by atoms with E-state index in [9.17, 15) is 5.11 Å². The Balaban J connectivity index is 1.95. The summed E-state index contributed by atoms with van der Waals surface area (Å²) in [6.07, 6.45) is 4.08. The van der Waals surface area contributed by atoms with Gasteiger partial charge >= 0.3 is 0 Å². The fourth-order valence-electron chi connectivity index (χ4n) is 2.34. The van der Waals surface area contributed by atoms with Crippen LogP contribution >= 0.6 is 0 Å². The van der Waals surface area contributed by atoms with Crippen molar-refractivity contribution in [1.29, 1.82) is 0 Å². The van der Waals surface area contributed by atoms with Crippen LogP contribution in [0.1, 0.15) is 18.5 Å². The number of methoxy groups -OCH3 is 1. The molecule has 1 aliphatic rings. The number of ether oxygens (including phenoxy) is 1. The minimum atomic E-state index is 0.294. The summed E-state index contributed by atoms with van der Waals surface area (Å²) >= 11 is 0. The van der Waals surface area contributed by atoms with E-state index < -0.39 is 0 Å². The highest BCUT2D eigenvalue weighted by molar-refractivity contribution is 5.22. The molecule has 1 aliphatic heterocycles. The van der Waals surface area contributed by atoms with Crippen LogP contribution in [0, 0.1) is 5.92 Å². The van der Waals surface area contributed by atoms with Gasteiger partial charge in [0.2, 0.25) is 0 Å². The van der Waals surface area contributed by atoms with Crippen molar-refractivity contribution in [2.24, 2.45) is 5.92 Å². The highest BCUT2D eigenvalue weighted by Gasteiger charge is 2.19. The van der Waals surface area contributed by atoms with Crippen LogP contribution in [0.15, 0.2) is 18.3 Å². The lowest BCUT2D eigenvalue weighted by atomic mass is 9.99. The van der Waals surface area contributed by atoms with Gasteiger partial charge < -0.3 is 9.84 Å². The highest BCUT2D eigenvalue weighted by atomic mass is 16.5. The number of piperidine rings is 1. The van der Waals surface area contributed by atoms with Gasteiger partial charge in [0, 0.05) is 32.0 Å². The molecule has 1 fully saturated rings. The van der Waals surface area contributed by atoms with Crippen LogP contribution in [0.2, 0.25) is 0 Å². The summed E-state index contributed by atoms with van der Waals surface area (Å²) in [5.74, 6) is 1.28. The van der Waals surface area contributed by atoms with Crippen molar-refractivity contribution in [2.45, 2.75) is 19.4 Å². The average Bonchev–Trinajstić information content (AvgIpc) is 2.39. The smallest absolute Gasteiger partial charge is 0.122 e. The number of rotatable bonds is 4. The zero-order valence-corrected chi connectivity index (χ0v) is 10.3. The van der Waals surface area contributed by atoms with Crippen LogP contribution < -0.4 is 4.74 Å². The van der Waals surface area contributed by atoms with Crippen molar-refractivity contribution in [1.82, 2.24) is 9.88 Å². The molecule has 1 saturated heterocycles. The van der Waals surface area contributed by atoms with Gasteiger partial charge in [-0.05, 0) is 31.4 Å². The second-order valence-electron chi connectivity index (χ2n) is 4.61. The second-order valence-corrected chi connectivity index (χ2v) is 4.61. The second kappa shape index (κ2) is 5.98. The molecule has 4 heteroatoms. The molecule has 0 amide bonds. The summed E-state index contributed by atoms with van der Waals surface area (Å²) < 4.78 is 5.19. The molecular weight excluding hydrogens is 216 g/mol. The molecule has 0 saturated carbocycles. The summed E-state index contributed by atoms with van der Waals surface area (Å²) in [5.41, 5.74) is 1.03. The Bertz CT molecular complexity index is 357. The van der Waals surface area contributed by atoms with Gasteiger partial charge in [0.15, 0.2) is 0 Å². The number of hydrogen-bond donors (Lipinski definition) is 1. The summed E-state index contributed by atoms with van der Waals surface area (Å²) in [5, 5.41) is 9.19. The molecule has 2 rings (SSSR count). The third-order valence-electron chi connectivity index (χ3n) is 3.27. The SMILES string of the molecule is COc1ccnc(CN2CCCC(CO)C2)c1. The molecule has 94 valence electrons. The summed E-state index contributed by atoms with van der Waals surface area (Å²) in [7, 11) is 1.67. The molecule has 0 aliphatic carbocycles. The number of aliphatic hydroxyl groups excluding tert-OH is 1. The van der Waals surface area contributed by atoms with Crippen LogP contribution in [0.25, 0.3) is 0 Å². The zero-order valence-electron chi connectivity index (χ0n) is 10.3. The summed E-state index contributed by atoms with van der Waals surface area (Å²) in [6.45, 7) is 3.19. The van der Waals surface area contributed by atoms with E-state index in [1.165, 1.54) is 0 Å². The van der Waals surface area contributed by atoms with Crippen molar-refractivity contribution < 1.29 is 9.84 Å². The molecule has 1 atom stereocenters. The first kappa shape index (κ1) is 12.3. The third kappa shape index (κ3) is 3.41. The van der Waals surface area contributed by atoms with E-state index in [0.29, 0.717) is 12.5 Å². The number of aromatic nitrogens is 1. The Morgan fingerprint density at radius 1 is 1.59 bits per heavy atom. The molecule has 1 aromatic rings. The molecule has 4 nitrogen and oxygen atoms in total. The first-order chi connectivity index (χ1) is 8.31. The van der Waals surface area contributed by atoms with Crippen molar-refractivity contribution in [3.05, 3.63) is 24.0 Å². The third-order valence-corrected chi connectivity index (χ3v) is 3.27. The predicted octanol–water partition coefficient (Wildman–Crippen LogP) is 1.29. The van der Waals surface area contributed by atoms with Gasteiger partial charge in [-0.2, -0.15) is 0 Å². The van der Waals surface area contributed by atoms with Gasteiger partial charge in [0.05, 0.1) is 12.8 Å². The molecule has 0 bridgehead atoms. The van der Waals surface area contributed by atoms with E-state index in [1.54, 1.807) is 13.3 Å². The molecule has 2 heterocycles. The van der Waals surface area contributed by atoms with Crippen LogP contribution in [-0.4, -0.2) is 41.8 Å².